The highest BCUT2D eigenvalue weighted by atomic mass is 32.2. The number of hydrogen-bond donors (Lipinski definition) is 6. The summed E-state index contributed by atoms with van der Waals surface area (Å²) < 4.78 is 1.73. The molecule has 19 heteroatoms. The van der Waals surface area contributed by atoms with Crippen LogP contribution in [0.1, 0.15) is 12.6 Å². The number of β-lactam (4-membered cyclic amide) rings is 1. The van der Waals surface area contributed by atoms with E-state index in [4.69, 9.17) is 27.1 Å². The molecule has 0 radical (unpaired) electrons. The van der Waals surface area contributed by atoms with Crippen LogP contribution >= 0.6 is 34.9 Å². The van der Waals surface area contributed by atoms with Gasteiger partial charge in [-0.15, -0.1) is 23.1 Å². The first-order valence-electron chi connectivity index (χ1n) is 11.4. The van der Waals surface area contributed by atoms with Crippen molar-refractivity contribution in [2.45, 2.75) is 30.0 Å². The predicted octanol–water partition coefficient (Wildman–Crippen LogP) is -1.07. The fraction of sp³-hybridized carbons (Fsp3) is 0.333. The molecule has 1 saturated heterocycles. The minimum atomic E-state index is -1.31. The van der Waals surface area contributed by atoms with Crippen molar-refractivity contribution in [2.24, 2.45) is 5.16 Å². The Hall–Kier alpha value is -4.10. The lowest BCUT2D eigenvalue weighted by atomic mass is 10.0. The van der Waals surface area contributed by atoms with Gasteiger partial charge < -0.3 is 37.6 Å². The molecule has 2 aromatic heterocycles. The second-order valence-corrected chi connectivity index (χ2v) is 11.2. The number of hydrogen-bond acceptors (Lipinski definition) is 14. The van der Waals surface area contributed by atoms with Gasteiger partial charge in [-0.25, -0.2) is 19.1 Å². The number of oxime groups is 1. The van der Waals surface area contributed by atoms with Crippen molar-refractivity contribution in [3.63, 3.8) is 0 Å². The molecule has 2 aliphatic rings. The Morgan fingerprint density at radius 2 is 2.05 bits per heavy atom. The van der Waals surface area contributed by atoms with E-state index in [1.165, 1.54) is 35.0 Å². The van der Waals surface area contributed by atoms with Gasteiger partial charge in [-0.05, 0) is 24.3 Å². The van der Waals surface area contributed by atoms with Crippen molar-refractivity contribution >= 4 is 81.1 Å². The van der Waals surface area contributed by atoms with E-state index in [0.717, 1.165) is 16.2 Å². The molecule has 4 rings (SSSR count). The zero-order valence-electron chi connectivity index (χ0n) is 20.8. The third kappa shape index (κ3) is 5.89. The molecule has 16 nitrogen and oxygen atoms in total. The number of carboxylic acids is 2. The van der Waals surface area contributed by atoms with Crippen molar-refractivity contribution < 1.29 is 38.8 Å². The first kappa shape index (κ1) is 28.9. The van der Waals surface area contributed by atoms with E-state index >= 15 is 0 Å². The van der Waals surface area contributed by atoms with Crippen LogP contribution in [0.5, 0.6) is 0 Å². The number of nitrogens with two attached hydrogens (primary N) is 3. The molecule has 1 unspecified atom stereocenters. The van der Waals surface area contributed by atoms with Gasteiger partial charge in [0.1, 0.15) is 22.8 Å². The fourth-order valence-corrected chi connectivity index (χ4v) is 7.00. The van der Waals surface area contributed by atoms with Gasteiger partial charge in [0.25, 0.3) is 11.8 Å². The van der Waals surface area contributed by atoms with E-state index in [1.54, 1.807) is 4.57 Å². The van der Waals surface area contributed by atoms with E-state index in [-0.39, 0.29) is 39.6 Å². The molecule has 0 bridgehead atoms. The summed E-state index contributed by atoms with van der Waals surface area (Å²) in [5, 5.41) is 26.2. The number of amides is 2. The van der Waals surface area contributed by atoms with Gasteiger partial charge in [-0.2, -0.15) is 0 Å². The number of carboxylic acid groups (broad SMARTS) is 2. The maximum absolute atomic E-state index is 13.1. The van der Waals surface area contributed by atoms with Crippen LogP contribution in [0.4, 0.5) is 16.8 Å². The first-order chi connectivity index (χ1) is 19.0. The number of aromatic nitrogens is 3. The minimum absolute atomic E-state index is 0.0239. The van der Waals surface area contributed by atoms with Crippen LogP contribution in [-0.4, -0.2) is 84.1 Å². The minimum Gasteiger partial charge on any atom is -0.479 e. The molecule has 0 spiro atoms. The lowest BCUT2D eigenvalue weighted by Gasteiger charge is -2.49. The van der Waals surface area contributed by atoms with E-state index in [2.05, 4.69) is 20.4 Å². The maximum Gasteiger partial charge on any atom is 0.352 e. The van der Waals surface area contributed by atoms with Gasteiger partial charge in [0.05, 0.1) is 12.6 Å². The van der Waals surface area contributed by atoms with Gasteiger partial charge in [-0.3, -0.25) is 14.5 Å². The Labute approximate surface area is 238 Å². The zero-order chi connectivity index (χ0) is 29.1. The lowest BCUT2D eigenvalue weighted by molar-refractivity contribution is -0.719. The highest BCUT2D eigenvalue weighted by Crippen LogP contribution is 2.41. The van der Waals surface area contributed by atoms with Crippen molar-refractivity contribution in [1.82, 2.24) is 20.2 Å². The monoisotopic (exact) mass is 610 g/mol. The lowest BCUT2D eigenvalue weighted by Crippen LogP contribution is -2.71. The predicted molar refractivity (Wildman–Crippen MR) is 146 cm³/mol. The van der Waals surface area contributed by atoms with Crippen LogP contribution in [0, 0.1) is 0 Å². The number of fused-ring (bicyclic) bond motifs is 1. The second kappa shape index (κ2) is 12.0. The van der Waals surface area contributed by atoms with E-state index in [9.17, 15) is 24.3 Å². The van der Waals surface area contributed by atoms with Crippen LogP contribution in [0.15, 0.2) is 33.0 Å². The molecule has 1 fully saturated rings. The molecular formula is C21H24N9O7S3+. The summed E-state index contributed by atoms with van der Waals surface area (Å²) in [4.78, 5) is 63.2. The average Bonchev–Trinajstić information content (AvgIpc) is 3.32. The second-order valence-electron chi connectivity index (χ2n) is 8.22. The maximum atomic E-state index is 13.1. The Morgan fingerprint density at radius 1 is 1.30 bits per heavy atom. The molecule has 2 aromatic rings. The van der Waals surface area contributed by atoms with Gasteiger partial charge >= 0.3 is 17.1 Å². The summed E-state index contributed by atoms with van der Waals surface area (Å²) in [6, 6.07) is 0.459. The van der Waals surface area contributed by atoms with Crippen molar-refractivity contribution in [2.75, 3.05) is 35.3 Å². The molecule has 9 N–H and O–H groups in total. The summed E-state index contributed by atoms with van der Waals surface area (Å²) in [6.07, 6.45) is 0. The van der Waals surface area contributed by atoms with Crippen LogP contribution < -0.4 is 27.1 Å². The topological polar surface area (TPSA) is 253 Å². The Bertz CT molecular complexity index is 1440. The molecular weight excluding hydrogens is 586 g/mol. The van der Waals surface area contributed by atoms with Crippen LogP contribution in [0.3, 0.4) is 0 Å². The fourth-order valence-electron chi connectivity index (χ4n) is 3.88. The molecule has 40 heavy (non-hydrogen) atoms. The smallest absolute Gasteiger partial charge is 0.352 e. The number of aliphatic carboxylic acids is 2. The Kier molecular flexibility index (Phi) is 8.64. The van der Waals surface area contributed by atoms with Crippen LogP contribution in [-0.2, 0) is 30.6 Å². The summed E-state index contributed by atoms with van der Waals surface area (Å²) in [7, 11) is 0. The quantitative estimate of drug-likeness (QED) is 0.0442. The molecule has 0 aliphatic carbocycles. The van der Waals surface area contributed by atoms with Crippen LogP contribution in [0.2, 0.25) is 0 Å². The standard InChI is InChI=1S/C21H23N9O7S3/c1-2-29-11(23)3-10(22)26-21(29)40-6-8-5-38-18-14(17(34)30(18)15(8)19(35)36)27-16(33)13(28-37-4-12(31)32)9-7-39-20(24)25-9/h3,7,14,18H,2,4-6H2,1H3,(H8,22,23,24,25,27,31,32,33,35,36)/p+1/b28-13-/t14?,18-/m1/s1. The summed E-state index contributed by atoms with van der Waals surface area (Å²) in [6.45, 7) is 1.59. The van der Waals surface area contributed by atoms with E-state index < -0.39 is 41.8 Å². The molecule has 2 aliphatic heterocycles. The first-order valence-corrected chi connectivity index (χ1v) is 14.4. The average molecular weight is 611 g/mol. The largest absolute Gasteiger partial charge is 0.479 e. The van der Waals surface area contributed by atoms with E-state index in [1.807, 2.05) is 6.92 Å². The summed E-state index contributed by atoms with van der Waals surface area (Å²) in [5.74, 6) is -2.99. The van der Waals surface area contributed by atoms with Gasteiger partial charge in [0, 0.05) is 16.9 Å². The summed E-state index contributed by atoms with van der Waals surface area (Å²) >= 11 is 3.54. The summed E-state index contributed by atoms with van der Waals surface area (Å²) in [5.41, 5.74) is 17.4. The number of thioether (sulfide) groups is 2. The molecule has 212 valence electrons. The highest BCUT2D eigenvalue weighted by Gasteiger charge is 2.54. The number of carbonyl (C=O) groups excluding carboxylic acids is 2. The normalized spacial score (nSPS) is 18.7. The SMILES string of the molecule is CC[n+]1c(N)cc(N)nc1SCC1=C(C(=O)O)N2C(=O)C(NC(=O)/C(=N\OCC(=O)O)c3csc(N)n3)[C@H]2SC1. The Balaban J connectivity index is 1.51. The number of nitrogens with zero attached hydrogens (tertiary/aromatic N) is 5. The highest BCUT2D eigenvalue weighted by molar-refractivity contribution is 8.01. The molecule has 2 amide bonds. The molecule has 2 atom stereocenters. The molecule has 4 heterocycles. The Morgan fingerprint density at radius 3 is 2.67 bits per heavy atom. The number of carbonyl (C=O) groups is 4. The number of thiazole rings is 1. The number of anilines is 3. The van der Waals surface area contributed by atoms with Crippen molar-refractivity contribution in [1.29, 1.82) is 0 Å². The molecule has 0 saturated carbocycles. The van der Waals surface area contributed by atoms with Crippen LogP contribution in [0.25, 0.3) is 0 Å². The third-order valence-electron chi connectivity index (χ3n) is 5.61. The number of rotatable bonds is 11. The number of nitrogen functional groups attached to an aromatic ring is 3. The van der Waals surface area contributed by atoms with Crippen molar-refractivity contribution in [3.8, 4) is 0 Å². The third-order valence-corrected chi connectivity index (χ3v) is 8.69. The van der Waals surface area contributed by atoms with Gasteiger partial charge in [-0.1, -0.05) is 10.1 Å². The van der Waals surface area contributed by atoms with Gasteiger partial charge in [0.2, 0.25) is 18.2 Å². The molecule has 0 aromatic carbocycles. The number of nitrogens with one attached hydrogen (secondary N) is 1. The zero-order valence-corrected chi connectivity index (χ0v) is 23.2. The van der Waals surface area contributed by atoms with Gasteiger partial charge in [0.15, 0.2) is 10.8 Å². The van der Waals surface area contributed by atoms with Crippen molar-refractivity contribution in [3.05, 3.63) is 28.4 Å². The van der Waals surface area contributed by atoms with E-state index in [0.29, 0.717) is 23.1 Å².